The maximum Gasteiger partial charge on any atom is 0.253 e. The molecule has 0 spiro atoms. The predicted molar refractivity (Wildman–Crippen MR) is 109 cm³/mol. The van der Waals surface area contributed by atoms with Gasteiger partial charge in [0.1, 0.15) is 5.82 Å². The van der Waals surface area contributed by atoms with Gasteiger partial charge < -0.3 is 9.80 Å². The summed E-state index contributed by atoms with van der Waals surface area (Å²) in [7, 11) is -3.65. The van der Waals surface area contributed by atoms with Crippen LogP contribution in [0.4, 0.5) is 11.5 Å². The van der Waals surface area contributed by atoms with Crippen LogP contribution in [-0.4, -0.2) is 62.0 Å². The monoisotopic (exact) mass is 414 g/mol. The van der Waals surface area contributed by atoms with Crippen LogP contribution in [-0.2, 0) is 14.8 Å². The van der Waals surface area contributed by atoms with E-state index in [2.05, 4.69) is 9.88 Å². The number of anilines is 2. The van der Waals surface area contributed by atoms with E-state index in [4.69, 9.17) is 0 Å². The van der Waals surface area contributed by atoms with E-state index in [9.17, 15) is 18.0 Å². The molecule has 0 aliphatic carbocycles. The van der Waals surface area contributed by atoms with Crippen molar-refractivity contribution >= 4 is 33.3 Å². The first kappa shape index (κ1) is 19.4. The van der Waals surface area contributed by atoms with E-state index in [-0.39, 0.29) is 17.3 Å². The van der Waals surface area contributed by atoms with E-state index in [1.807, 2.05) is 18.2 Å². The molecule has 2 aliphatic rings. The fraction of sp³-hybridized carbons (Fsp3) is 0.350. The second-order valence-corrected chi connectivity index (χ2v) is 9.16. The van der Waals surface area contributed by atoms with E-state index in [1.165, 1.54) is 12.1 Å². The van der Waals surface area contributed by atoms with Gasteiger partial charge in [0.25, 0.3) is 5.91 Å². The molecule has 29 heavy (non-hydrogen) atoms. The van der Waals surface area contributed by atoms with Crippen molar-refractivity contribution in [1.82, 2.24) is 9.88 Å². The van der Waals surface area contributed by atoms with Crippen LogP contribution in [0, 0.1) is 5.92 Å². The molecule has 0 saturated carbocycles. The predicted octanol–water partition coefficient (Wildman–Crippen LogP) is 1.36. The number of nitrogens with zero attached hydrogens (tertiary/aromatic N) is 4. The number of sulfonamides is 1. The van der Waals surface area contributed by atoms with Crippen LogP contribution in [0.1, 0.15) is 17.3 Å². The van der Waals surface area contributed by atoms with Gasteiger partial charge in [0, 0.05) is 37.9 Å². The van der Waals surface area contributed by atoms with Crippen LogP contribution < -0.4 is 9.21 Å². The quantitative estimate of drug-likeness (QED) is 0.753. The first-order valence-corrected chi connectivity index (χ1v) is 11.1. The molecule has 1 aromatic carbocycles. The summed E-state index contributed by atoms with van der Waals surface area (Å²) < 4.78 is 25.3. The molecule has 1 atom stereocenters. The average molecular weight is 414 g/mol. The highest BCUT2D eigenvalue weighted by molar-refractivity contribution is 7.94. The molecule has 0 radical (unpaired) electrons. The molecular formula is C20H22N4O4S. The first-order valence-electron chi connectivity index (χ1n) is 9.49. The number of rotatable bonds is 3. The molecular weight excluding hydrogens is 392 g/mol. The molecule has 0 N–H and O–H groups in total. The third kappa shape index (κ3) is 3.69. The van der Waals surface area contributed by atoms with E-state index in [0.29, 0.717) is 31.7 Å². The zero-order valence-corrected chi connectivity index (χ0v) is 16.9. The van der Waals surface area contributed by atoms with Crippen LogP contribution in [0.2, 0.25) is 0 Å². The Balaban J connectivity index is 1.43. The van der Waals surface area contributed by atoms with Gasteiger partial charge in [0.2, 0.25) is 15.9 Å². The van der Waals surface area contributed by atoms with Gasteiger partial charge in [-0.05, 0) is 36.4 Å². The number of piperazine rings is 1. The van der Waals surface area contributed by atoms with Gasteiger partial charge in [-0.15, -0.1) is 0 Å². The van der Waals surface area contributed by atoms with Gasteiger partial charge in [-0.3, -0.25) is 9.59 Å². The molecule has 2 aromatic rings. The average Bonchev–Trinajstić information content (AvgIpc) is 2.95. The summed E-state index contributed by atoms with van der Waals surface area (Å²) in [6.07, 6.45) is 1.75. The van der Waals surface area contributed by atoms with Crippen molar-refractivity contribution in [2.24, 2.45) is 5.92 Å². The van der Waals surface area contributed by atoms with Crippen LogP contribution in [0.3, 0.4) is 0 Å². The van der Waals surface area contributed by atoms with Crippen LogP contribution in [0.15, 0.2) is 48.7 Å². The second kappa shape index (κ2) is 7.47. The number of benzene rings is 1. The highest BCUT2D eigenvalue weighted by atomic mass is 32.2. The lowest BCUT2D eigenvalue weighted by Crippen LogP contribution is -2.49. The SMILES string of the molecule is CC1CS(=O)(=O)N(c2ccc(C(=O)N3CCN(c4ccccn4)CC3)cc2)C1=O. The van der Waals surface area contributed by atoms with E-state index in [1.54, 1.807) is 30.2 Å². The molecule has 8 nitrogen and oxygen atoms in total. The topological polar surface area (TPSA) is 90.9 Å². The molecule has 152 valence electrons. The maximum atomic E-state index is 12.8. The van der Waals surface area contributed by atoms with Gasteiger partial charge >= 0.3 is 0 Å². The normalized spacial score (nSPS) is 21.5. The Hall–Kier alpha value is -2.94. The number of hydrogen-bond acceptors (Lipinski definition) is 6. The van der Waals surface area contributed by atoms with Crippen molar-refractivity contribution in [3.63, 3.8) is 0 Å². The number of pyridine rings is 1. The number of carbonyl (C=O) groups is 2. The summed E-state index contributed by atoms with van der Waals surface area (Å²) in [4.78, 5) is 33.3. The molecule has 2 amide bonds. The molecule has 0 bridgehead atoms. The van der Waals surface area contributed by atoms with Gasteiger partial charge in [0.05, 0.1) is 17.4 Å². The molecule has 1 unspecified atom stereocenters. The lowest BCUT2D eigenvalue weighted by Gasteiger charge is -2.35. The third-order valence-corrected chi connectivity index (χ3v) is 7.12. The Morgan fingerprint density at radius 2 is 1.72 bits per heavy atom. The minimum Gasteiger partial charge on any atom is -0.353 e. The fourth-order valence-corrected chi connectivity index (χ4v) is 5.51. The van der Waals surface area contributed by atoms with E-state index >= 15 is 0 Å². The van der Waals surface area contributed by atoms with E-state index < -0.39 is 21.8 Å². The summed E-state index contributed by atoms with van der Waals surface area (Å²) in [6.45, 7) is 4.14. The van der Waals surface area contributed by atoms with Crippen LogP contribution in [0.5, 0.6) is 0 Å². The summed E-state index contributed by atoms with van der Waals surface area (Å²) >= 11 is 0. The van der Waals surface area contributed by atoms with Crippen molar-refractivity contribution in [2.75, 3.05) is 41.1 Å². The van der Waals surface area contributed by atoms with Crippen molar-refractivity contribution in [3.8, 4) is 0 Å². The van der Waals surface area contributed by atoms with Crippen molar-refractivity contribution in [3.05, 3.63) is 54.2 Å². The highest BCUT2D eigenvalue weighted by Crippen LogP contribution is 2.28. The van der Waals surface area contributed by atoms with Crippen molar-refractivity contribution in [1.29, 1.82) is 0 Å². The fourth-order valence-electron chi connectivity index (χ4n) is 3.69. The van der Waals surface area contributed by atoms with Crippen LogP contribution in [0.25, 0.3) is 0 Å². The zero-order chi connectivity index (χ0) is 20.6. The smallest absolute Gasteiger partial charge is 0.253 e. The molecule has 4 rings (SSSR count). The third-order valence-electron chi connectivity index (χ3n) is 5.25. The largest absolute Gasteiger partial charge is 0.353 e. The summed E-state index contributed by atoms with van der Waals surface area (Å²) in [6, 6.07) is 12.0. The molecule has 2 saturated heterocycles. The summed E-state index contributed by atoms with van der Waals surface area (Å²) in [5.41, 5.74) is 0.744. The second-order valence-electron chi connectivity index (χ2n) is 7.30. The minimum atomic E-state index is -3.65. The van der Waals surface area contributed by atoms with Gasteiger partial charge in [-0.25, -0.2) is 17.7 Å². The Morgan fingerprint density at radius 1 is 1.03 bits per heavy atom. The van der Waals surface area contributed by atoms with E-state index in [0.717, 1.165) is 10.1 Å². The highest BCUT2D eigenvalue weighted by Gasteiger charge is 2.41. The van der Waals surface area contributed by atoms with Gasteiger partial charge in [-0.2, -0.15) is 0 Å². The molecule has 2 fully saturated rings. The summed E-state index contributed by atoms with van der Waals surface area (Å²) in [5.74, 6) is -0.394. The maximum absolute atomic E-state index is 12.8. The molecule has 3 heterocycles. The lowest BCUT2D eigenvalue weighted by atomic mass is 10.1. The van der Waals surface area contributed by atoms with Crippen molar-refractivity contribution in [2.45, 2.75) is 6.92 Å². The van der Waals surface area contributed by atoms with Gasteiger partial charge in [0.15, 0.2) is 0 Å². The number of aromatic nitrogens is 1. The standard InChI is InChI=1S/C20H22N4O4S/c1-15-14-29(27,28)24(19(15)25)17-7-5-16(6-8-17)20(26)23-12-10-22(11-13-23)18-4-2-3-9-21-18/h2-9,15H,10-14H2,1H3. The van der Waals surface area contributed by atoms with Gasteiger partial charge in [-0.1, -0.05) is 13.0 Å². The molecule has 1 aromatic heterocycles. The Morgan fingerprint density at radius 3 is 2.28 bits per heavy atom. The first-order chi connectivity index (χ1) is 13.9. The Kier molecular flexibility index (Phi) is 4.99. The van der Waals surface area contributed by atoms with Crippen LogP contribution >= 0.6 is 0 Å². The Labute approximate surface area is 169 Å². The Bertz CT molecular complexity index is 1020. The number of amides is 2. The molecule has 9 heteroatoms. The zero-order valence-electron chi connectivity index (χ0n) is 16.1. The van der Waals surface area contributed by atoms with Crippen molar-refractivity contribution < 1.29 is 18.0 Å². The lowest BCUT2D eigenvalue weighted by molar-refractivity contribution is -0.119. The molecule has 2 aliphatic heterocycles. The number of hydrogen-bond donors (Lipinski definition) is 0. The number of carbonyl (C=O) groups excluding carboxylic acids is 2. The summed E-state index contributed by atoms with van der Waals surface area (Å²) in [5, 5.41) is 0. The minimum absolute atomic E-state index is 0.110.